The minimum Gasteiger partial charge on any atom is -0.368 e. The number of nitrogens with one attached hydrogen (secondary N) is 1. The molecular formula is C22H24N6O2. The van der Waals surface area contributed by atoms with Gasteiger partial charge in [-0.3, -0.25) is 10.1 Å². The van der Waals surface area contributed by atoms with Crippen molar-refractivity contribution in [3.8, 4) is 0 Å². The molecule has 2 heterocycles. The van der Waals surface area contributed by atoms with E-state index in [1.807, 2.05) is 55.1 Å². The molecule has 0 unspecified atom stereocenters. The van der Waals surface area contributed by atoms with E-state index in [-0.39, 0.29) is 11.5 Å². The summed E-state index contributed by atoms with van der Waals surface area (Å²) in [6, 6.07) is 16.0. The van der Waals surface area contributed by atoms with Crippen molar-refractivity contribution in [1.82, 2.24) is 9.97 Å². The van der Waals surface area contributed by atoms with Gasteiger partial charge in [0, 0.05) is 37.6 Å². The average Bonchev–Trinajstić information content (AvgIpc) is 2.77. The monoisotopic (exact) mass is 404 g/mol. The number of anilines is 4. The van der Waals surface area contributed by atoms with Crippen LogP contribution < -0.4 is 15.1 Å². The van der Waals surface area contributed by atoms with Gasteiger partial charge in [0.2, 0.25) is 11.6 Å². The van der Waals surface area contributed by atoms with E-state index in [4.69, 9.17) is 0 Å². The fourth-order valence-electron chi connectivity index (χ4n) is 3.63. The van der Waals surface area contributed by atoms with Crippen LogP contribution >= 0.6 is 0 Å². The lowest BCUT2D eigenvalue weighted by molar-refractivity contribution is -0.383. The largest absolute Gasteiger partial charge is 0.368 e. The van der Waals surface area contributed by atoms with Gasteiger partial charge in [-0.25, -0.2) is 9.97 Å². The number of aromatic nitrogens is 2. The molecule has 0 saturated carbocycles. The summed E-state index contributed by atoms with van der Waals surface area (Å²) in [5.41, 5.74) is 4.10. The first-order valence-corrected chi connectivity index (χ1v) is 9.91. The second kappa shape index (κ2) is 8.36. The van der Waals surface area contributed by atoms with E-state index in [2.05, 4.69) is 32.3 Å². The number of piperazine rings is 1. The number of hydrogen-bond donors (Lipinski definition) is 1. The van der Waals surface area contributed by atoms with Crippen LogP contribution in [0.3, 0.4) is 0 Å². The van der Waals surface area contributed by atoms with E-state index in [9.17, 15) is 10.1 Å². The fraction of sp³-hybridized carbons (Fsp3) is 0.273. The molecule has 1 aliphatic rings. The van der Waals surface area contributed by atoms with Gasteiger partial charge in [0.1, 0.15) is 6.33 Å². The molecule has 8 heteroatoms. The van der Waals surface area contributed by atoms with Crippen molar-refractivity contribution < 1.29 is 4.92 Å². The van der Waals surface area contributed by atoms with Crippen LogP contribution in [0.4, 0.5) is 28.7 Å². The van der Waals surface area contributed by atoms with Crippen molar-refractivity contribution in [2.24, 2.45) is 0 Å². The summed E-state index contributed by atoms with van der Waals surface area (Å²) in [5, 5.41) is 15.0. The van der Waals surface area contributed by atoms with Crippen LogP contribution in [0.2, 0.25) is 0 Å². The zero-order valence-electron chi connectivity index (χ0n) is 17.1. The summed E-state index contributed by atoms with van der Waals surface area (Å²) < 4.78 is 0. The summed E-state index contributed by atoms with van der Waals surface area (Å²) >= 11 is 0. The van der Waals surface area contributed by atoms with Gasteiger partial charge < -0.3 is 15.1 Å². The molecule has 1 saturated heterocycles. The van der Waals surface area contributed by atoms with Crippen molar-refractivity contribution >= 4 is 28.7 Å². The van der Waals surface area contributed by atoms with E-state index in [0.717, 1.165) is 35.6 Å². The summed E-state index contributed by atoms with van der Waals surface area (Å²) in [7, 11) is 0. The highest BCUT2D eigenvalue weighted by Crippen LogP contribution is 2.34. The van der Waals surface area contributed by atoms with Crippen LogP contribution in [0, 0.1) is 24.0 Å². The quantitative estimate of drug-likeness (QED) is 0.506. The first kappa shape index (κ1) is 19.6. The minimum absolute atomic E-state index is 0.0936. The van der Waals surface area contributed by atoms with Crippen molar-refractivity contribution in [1.29, 1.82) is 0 Å². The van der Waals surface area contributed by atoms with E-state index in [0.29, 0.717) is 18.9 Å². The highest BCUT2D eigenvalue weighted by Gasteiger charge is 2.29. The molecule has 1 aromatic heterocycles. The Morgan fingerprint density at radius 3 is 2.30 bits per heavy atom. The number of aryl methyl sites for hydroxylation is 2. The van der Waals surface area contributed by atoms with Gasteiger partial charge >= 0.3 is 5.69 Å². The van der Waals surface area contributed by atoms with E-state index in [1.165, 1.54) is 6.33 Å². The lowest BCUT2D eigenvalue weighted by Crippen LogP contribution is -2.47. The highest BCUT2D eigenvalue weighted by molar-refractivity contribution is 5.75. The molecule has 3 aromatic rings. The molecule has 4 rings (SSSR count). The highest BCUT2D eigenvalue weighted by atomic mass is 16.6. The summed E-state index contributed by atoms with van der Waals surface area (Å²) in [6.45, 7) is 6.87. The average molecular weight is 404 g/mol. The van der Waals surface area contributed by atoms with Gasteiger partial charge in [-0.1, -0.05) is 24.3 Å². The van der Waals surface area contributed by atoms with Gasteiger partial charge in [0.05, 0.1) is 4.92 Å². The Morgan fingerprint density at radius 2 is 1.63 bits per heavy atom. The second-order valence-corrected chi connectivity index (χ2v) is 7.39. The first-order chi connectivity index (χ1) is 14.5. The van der Waals surface area contributed by atoms with Gasteiger partial charge in [0.25, 0.3) is 0 Å². The number of nitro groups is 1. The Balaban J connectivity index is 1.57. The molecule has 30 heavy (non-hydrogen) atoms. The van der Waals surface area contributed by atoms with Crippen LogP contribution in [0.25, 0.3) is 0 Å². The fourth-order valence-corrected chi connectivity index (χ4v) is 3.63. The molecule has 154 valence electrons. The summed E-state index contributed by atoms with van der Waals surface area (Å²) in [5.74, 6) is 0.563. The van der Waals surface area contributed by atoms with Crippen molar-refractivity contribution in [2.45, 2.75) is 13.8 Å². The molecule has 1 fully saturated rings. The van der Waals surface area contributed by atoms with E-state index in [1.54, 1.807) is 0 Å². The number of benzene rings is 2. The zero-order chi connectivity index (χ0) is 21.1. The maximum absolute atomic E-state index is 11.9. The van der Waals surface area contributed by atoms with Gasteiger partial charge in [0.15, 0.2) is 0 Å². The number of rotatable bonds is 5. The Labute approximate surface area is 175 Å². The van der Waals surface area contributed by atoms with Crippen molar-refractivity contribution in [3.63, 3.8) is 0 Å². The Hall–Kier alpha value is -3.68. The molecule has 0 bridgehead atoms. The second-order valence-electron chi connectivity index (χ2n) is 7.39. The van der Waals surface area contributed by atoms with E-state index >= 15 is 0 Å². The van der Waals surface area contributed by atoms with Crippen LogP contribution in [-0.4, -0.2) is 41.1 Å². The normalized spacial score (nSPS) is 13.9. The maximum Gasteiger partial charge on any atom is 0.353 e. The molecule has 1 aliphatic heterocycles. The third kappa shape index (κ3) is 4.03. The predicted molar refractivity (Wildman–Crippen MR) is 119 cm³/mol. The van der Waals surface area contributed by atoms with Crippen molar-refractivity contribution in [2.75, 3.05) is 41.3 Å². The Kier molecular flexibility index (Phi) is 5.47. The maximum atomic E-state index is 11.9. The Morgan fingerprint density at radius 1 is 0.933 bits per heavy atom. The molecule has 1 N–H and O–H groups in total. The topological polar surface area (TPSA) is 87.4 Å². The van der Waals surface area contributed by atoms with Crippen molar-refractivity contribution in [3.05, 3.63) is 76.1 Å². The Bertz CT molecular complexity index is 1050. The minimum atomic E-state index is -0.401. The third-order valence-electron chi connectivity index (χ3n) is 5.46. The number of hydrogen-bond acceptors (Lipinski definition) is 7. The lowest BCUT2D eigenvalue weighted by Gasteiger charge is -2.36. The SMILES string of the molecule is Cc1ccc(Nc2ncnc(N3CCN(c4ccccc4)CC3)c2[N+](=O)[O-])cc1C. The molecule has 8 nitrogen and oxygen atoms in total. The van der Waals surface area contributed by atoms with Crippen LogP contribution in [0.1, 0.15) is 11.1 Å². The first-order valence-electron chi connectivity index (χ1n) is 9.91. The summed E-state index contributed by atoms with van der Waals surface area (Å²) in [4.78, 5) is 24.2. The smallest absolute Gasteiger partial charge is 0.353 e. The predicted octanol–water partition coefficient (Wildman–Crippen LogP) is 4.07. The summed E-state index contributed by atoms with van der Waals surface area (Å²) in [6.07, 6.45) is 1.38. The van der Waals surface area contributed by atoms with Crippen LogP contribution in [0.15, 0.2) is 54.9 Å². The molecule has 0 atom stereocenters. The standard InChI is InChI=1S/C22H24N6O2/c1-16-8-9-18(14-17(16)2)25-21-20(28(29)30)22(24-15-23-21)27-12-10-26(11-13-27)19-6-4-3-5-7-19/h3-9,14-15H,10-13H2,1-2H3,(H,23,24,25). The third-order valence-corrected chi connectivity index (χ3v) is 5.46. The van der Waals surface area contributed by atoms with Gasteiger partial charge in [-0.15, -0.1) is 0 Å². The molecule has 2 aromatic carbocycles. The van der Waals surface area contributed by atoms with Gasteiger partial charge in [-0.2, -0.15) is 0 Å². The molecule has 0 aliphatic carbocycles. The molecule has 0 amide bonds. The lowest BCUT2D eigenvalue weighted by atomic mass is 10.1. The van der Waals surface area contributed by atoms with E-state index < -0.39 is 4.92 Å². The number of para-hydroxylation sites is 1. The van der Waals surface area contributed by atoms with Gasteiger partial charge in [-0.05, 0) is 49.2 Å². The van der Waals surface area contributed by atoms with Crippen LogP contribution in [0.5, 0.6) is 0 Å². The zero-order valence-corrected chi connectivity index (χ0v) is 17.1. The van der Waals surface area contributed by atoms with Crippen LogP contribution in [-0.2, 0) is 0 Å². The molecular weight excluding hydrogens is 380 g/mol. The molecule has 0 radical (unpaired) electrons. The molecule has 0 spiro atoms. The number of nitrogens with zero attached hydrogens (tertiary/aromatic N) is 5.